The first-order valence-electron chi connectivity index (χ1n) is 8.00. The fourth-order valence-corrected chi connectivity index (χ4v) is 3.37. The molecule has 0 radical (unpaired) electrons. The average Bonchev–Trinajstić information content (AvgIpc) is 3.23. The van der Waals surface area contributed by atoms with Crippen LogP contribution in [-0.4, -0.2) is 33.7 Å². The number of hydrogen-bond donors (Lipinski definition) is 0. The topological polar surface area (TPSA) is 51.3 Å². The van der Waals surface area contributed by atoms with Gasteiger partial charge >= 0.3 is 0 Å². The number of hydrogen-bond acceptors (Lipinski definition) is 3. The van der Waals surface area contributed by atoms with Gasteiger partial charge in [-0.15, -0.1) is 0 Å². The van der Waals surface area contributed by atoms with Gasteiger partial charge in [-0.1, -0.05) is 18.2 Å². The van der Waals surface area contributed by atoms with Crippen molar-refractivity contribution in [1.82, 2.24) is 14.7 Å². The second kappa shape index (κ2) is 5.57. The van der Waals surface area contributed by atoms with E-state index >= 15 is 0 Å². The molecule has 1 aliphatic heterocycles. The van der Waals surface area contributed by atoms with E-state index in [1.807, 2.05) is 53.0 Å². The van der Waals surface area contributed by atoms with Gasteiger partial charge in [-0.05, 0) is 31.9 Å². The highest BCUT2D eigenvalue weighted by atomic mass is 16.3. The number of furan rings is 1. The van der Waals surface area contributed by atoms with Crippen molar-refractivity contribution < 1.29 is 9.21 Å². The van der Waals surface area contributed by atoms with Gasteiger partial charge in [0.15, 0.2) is 5.76 Å². The molecule has 0 unspecified atom stereocenters. The van der Waals surface area contributed by atoms with Crippen molar-refractivity contribution in [3.63, 3.8) is 0 Å². The van der Waals surface area contributed by atoms with Gasteiger partial charge in [0.25, 0.3) is 5.91 Å². The second-order valence-corrected chi connectivity index (χ2v) is 6.09. The molecule has 1 atom stereocenters. The Kier molecular flexibility index (Phi) is 3.41. The van der Waals surface area contributed by atoms with E-state index in [0.29, 0.717) is 12.3 Å². The van der Waals surface area contributed by atoms with Gasteiger partial charge in [-0.3, -0.25) is 9.48 Å². The highest BCUT2D eigenvalue weighted by molar-refractivity contribution is 5.98. The van der Waals surface area contributed by atoms with Crippen LogP contribution in [0.4, 0.5) is 0 Å². The Hall–Kier alpha value is -2.56. The van der Waals surface area contributed by atoms with Crippen molar-refractivity contribution in [2.75, 3.05) is 13.1 Å². The van der Waals surface area contributed by atoms with Crippen LogP contribution in [0.5, 0.6) is 0 Å². The van der Waals surface area contributed by atoms with Crippen LogP contribution in [0.2, 0.25) is 0 Å². The number of nitrogens with zero attached hydrogens (tertiary/aromatic N) is 3. The molecule has 0 aliphatic carbocycles. The van der Waals surface area contributed by atoms with Crippen molar-refractivity contribution in [2.24, 2.45) is 0 Å². The minimum absolute atomic E-state index is 0.0180. The molecule has 0 bridgehead atoms. The average molecular weight is 309 g/mol. The van der Waals surface area contributed by atoms with E-state index in [1.165, 1.54) is 0 Å². The molecule has 0 N–H and O–H groups in total. The fourth-order valence-electron chi connectivity index (χ4n) is 3.37. The summed E-state index contributed by atoms with van der Waals surface area (Å²) in [6.45, 7) is 3.40. The third-order valence-electron chi connectivity index (χ3n) is 4.62. The molecule has 4 rings (SSSR count). The number of benzene rings is 1. The maximum absolute atomic E-state index is 12.9. The highest BCUT2D eigenvalue weighted by Crippen LogP contribution is 2.28. The van der Waals surface area contributed by atoms with Gasteiger partial charge < -0.3 is 9.32 Å². The molecule has 1 aliphatic rings. The van der Waals surface area contributed by atoms with Gasteiger partial charge in [0.2, 0.25) is 0 Å². The van der Waals surface area contributed by atoms with Crippen LogP contribution in [0.25, 0.3) is 11.0 Å². The highest BCUT2D eigenvalue weighted by Gasteiger charge is 2.29. The van der Waals surface area contributed by atoms with Gasteiger partial charge in [0.05, 0.1) is 6.04 Å². The van der Waals surface area contributed by atoms with Crippen LogP contribution < -0.4 is 0 Å². The number of piperidine rings is 1. The number of para-hydroxylation sites is 1. The fraction of sp³-hybridized carbons (Fsp3) is 0.333. The summed E-state index contributed by atoms with van der Waals surface area (Å²) in [5.41, 5.74) is 1.70. The molecule has 3 heterocycles. The molecule has 1 aromatic carbocycles. The van der Waals surface area contributed by atoms with Crippen LogP contribution in [0.15, 0.2) is 47.1 Å². The van der Waals surface area contributed by atoms with E-state index in [2.05, 4.69) is 5.10 Å². The number of carbonyl (C=O) groups excluding carboxylic acids is 1. The predicted molar refractivity (Wildman–Crippen MR) is 87.4 cm³/mol. The Morgan fingerprint density at radius 1 is 1.30 bits per heavy atom. The van der Waals surface area contributed by atoms with Gasteiger partial charge in [0, 0.05) is 36.4 Å². The Bertz CT molecular complexity index is 835. The van der Waals surface area contributed by atoms with Crippen molar-refractivity contribution in [3.8, 4) is 0 Å². The zero-order valence-corrected chi connectivity index (χ0v) is 13.1. The first kappa shape index (κ1) is 14.1. The zero-order chi connectivity index (χ0) is 15.8. The van der Waals surface area contributed by atoms with Crippen LogP contribution in [0.1, 0.15) is 35.0 Å². The number of fused-ring (bicyclic) bond motifs is 1. The molecular weight excluding hydrogens is 290 g/mol. The molecule has 118 valence electrons. The number of aromatic nitrogens is 2. The summed E-state index contributed by atoms with van der Waals surface area (Å²) in [6, 6.07) is 9.95. The van der Waals surface area contributed by atoms with E-state index in [9.17, 15) is 4.79 Å². The van der Waals surface area contributed by atoms with E-state index in [0.717, 1.165) is 35.9 Å². The number of amides is 1. The summed E-state index contributed by atoms with van der Waals surface area (Å²) in [5, 5.41) is 5.32. The smallest absolute Gasteiger partial charge is 0.289 e. The molecule has 3 aromatic rings. The molecule has 2 aromatic heterocycles. The van der Waals surface area contributed by atoms with E-state index < -0.39 is 0 Å². The number of likely N-dealkylation sites (tertiary alicyclic amines) is 1. The quantitative estimate of drug-likeness (QED) is 0.729. The second-order valence-electron chi connectivity index (χ2n) is 6.09. The molecule has 0 spiro atoms. The Morgan fingerprint density at radius 3 is 2.96 bits per heavy atom. The molecule has 5 nitrogen and oxygen atoms in total. The van der Waals surface area contributed by atoms with Crippen molar-refractivity contribution in [2.45, 2.75) is 25.8 Å². The summed E-state index contributed by atoms with van der Waals surface area (Å²) in [5.74, 6) is 0.447. The number of rotatable bonds is 2. The molecule has 1 saturated heterocycles. The molecule has 1 amide bonds. The summed E-state index contributed by atoms with van der Waals surface area (Å²) in [7, 11) is 0. The molecule has 23 heavy (non-hydrogen) atoms. The van der Waals surface area contributed by atoms with E-state index in [4.69, 9.17) is 4.42 Å². The third kappa shape index (κ3) is 2.42. The zero-order valence-electron chi connectivity index (χ0n) is 13.1. The van der Waals surface area contributed by atoms with Gasteiger partial charge in [-0.2, -0.15) is 5.10 Å². The maximum Gasteiger partial charge on any atom is 0.289 e. The first-order chi connectivity index (χ1) is 11.2. The van der Waals surface area contributed by atoms with Gasteiger partial charge in [0.1, 0.15) is 5.58 Å². The molecule has 1 fully saturated rings. The first-order valence-corrected chi connectivity index (χ1v) is 8.00. The summed E-state index contributed by atoms with van der Waals surface area (Å²) in [4.78, 5) is 14.8. The Morgan fingerprint density at radius 2 is 2.17 bits per heavy atom. The van der Waals surface area contributed by atoms with Crippen molar-refractivity contribution in [3.05, 3.63) is 54.0 Å². The lowest BCUT2D eigenvalue weighted by molar-refractivity contribution is 0.0642. The summed E-state index contributed by atoms with van der Waals surface area (Å²) >= 11 is 0. The number of aryl methyl sites for hydroxylation is 1. The van der Waals surface area contributed by atoms with Crippen LogP contribution in [0.3, 0.4) is 0 Å². The summed E-state index contributed by atoms with van der Waals surface area (Å²) < 4.78 is 7.78. The van der Waals surface area contributed by atoms with Crippen LogP contribution in [0, 0.1) is 6.92 Å². The van der Waals surface area contributed by atoms with Crippen molar-refractivity contribution >= 4 is 16.9 Å². The number of carbonyl (C=O) groups is 1. The lowest BCUT2D eigenvalue weighted by Gasteiger charge is -2.32. The van der Waals surface area contributed by atoms with E-state index in [1.54, 1.807) is 6.20 Å². The van der Waals surface area contributed by atoms with Crippen molar-refractivity contribution in [1.29, 1.82) is 0 Å². The normalized spacial score (nSPS) is 18.5. The third-order valence-corrected chi connectivity index (χ3v) is 4.62. The maximum atomic E-state index is 12.9. The largest absolute Gasteiger partial charge is 0.451 e. The minimum Gasteiger partial charge on any atom is -0.451 e. The molecule has 0 saturated carbocycles. The SMILES string of the molecule is Cc1c(C(=O)N2CCC[C@H](n3cccn3)C2)oc2ccccc12. The summed E-state index contributed by atoms with van der Waals surface area (Å²) in [6.07, 6.45) is 5.77. The van der Waals surface area contributed by atoms with E-state index in [-0.39, 0.29) is 11.9 Å². The lowest BCUT2D eigenvalue weighted by Crippen LogP contribution is -2.40. The molecule has 5 heteroatoms. The monoisotopic (exact) mass is 309 g/mol. The Labute approximate surface area is 134 Å². The minimum atomic E-state index is -0.0180. The molecular formula is C18H19N3O2. The standard InChI is InChI=1S/C18H19N3O2/c1-13-15-7-2-3-8-16(15)23-17(13)18(22)20-10-4-6-14(12-20)21-11-5-9-19-21/h2-3,5,7-9,11,14H,4,6,10,12H2,1H3/t14-/m0/s1. The predicted octanol–water partition coefficient (Wildman–Crippen LogP) is 3.42. The van der Waals surface area contributed by atoms with Crippen LogP contribution in [-0.2, 0) is 0 Å². The lowest BCUT2D eigenvalue weighted by atomic mass is 10.0. The van der Waals surface area contributed by atoms with Gasteiger partial charge in [-0.25, -0.2) is 0 Å². The Balaban J connectivity index is 1.61. The van der Waals surface area contributed by atoms with Crippen LogP contribution >= 0.6 is 0 Å².